The highest BCUT2D eigenvalue weighted by atomic mass is 15.3. The first-order valence-corrected chi connectivity index (χ1v) is 4.71. The first kappa shape index (κ1) is 7.84. The Morgan fingerprint density at radius 1 is 1.50 bits per heavy atom. The molecule has 0 amide bonds. The van der Waals surface area contributed by atoms with Gasteiger partial charge in [0.1, 0.15) is 0 Å². The zero-order valence-corrected chi connectivity index (χ0v) is 8.04. The van der Waals surface area contributed by atoms with Crippen LogP contribution in [0.5, 0.6) is 0 Å². The van der Waals surface area contributed by atoms with E-state index in [0.717, 1.165) is 11.6 Å². The topological polar surface area (TPSA) is 17.8 Å². The largest absolute Gasteiger partial charge is 0.267 e. The van der Waals surface area contributed by atoms with Gasteiger partial charge in [-0.1, -0.05) is 0 Å². The number of hydrogen-bond acceptors (Lipinski definition) is 1. The van der Waals surface area contributed by atoms with Crippen LogP contribution < -0.4 is 0 Å². The van der Waals surface area contributed by atoms with Crippen LogP contribution in [0.3, 0.4) is 0 Å². The van der Waals surface area contributed by atoms with Crippen LogP contribution in [0.25, 0.3) is 0 Å². The SMILES string of the molecule is Cc1cc(C)n(C(C)C2CC2)n1. The number of rotatable bonds is 2. The molecule has 1 aliphatic rings. The van der Waals surface area contributed by atoms with E-state index < -0.39 is 0 Å². The van der Waals surface area contributed by atoms with Crippen molar-refractivity contribution in [3.05, 3.63) is 17.5 Å². The third-order valence-electron chi connectivity index (χ3n) is 2.73. The molecule has 1 aliphatic carbocycles. The van der Waals surface area contributed by atoms with Gasteiger partial charge in [0.05, 0.1) is 11.7 Å². The molecular formula is C10H16N2. The van der Waals surface area contributed by atoms with E-state index in [4.69, 9.17) is 0 Å². The lowest BCUT2D eigenvalue weighted by atomic mass is 10.2. The fraction of sp³-hybridized carbons (Fsp3) is 0.700. The summed E-state index contributed by atoms with van der Waals surface area (Å²) in [5.74, 6) is 0.892. The molecule has 1 aromatic rings. The highest BCUT2D eigenvalue weighted by Gasteiger charge is 2.30. The zero-order chi connectivity index (χ0) is 8.72. The van der Waals surface area contributed by atoms with E-state index in [9.17, 15) is 0 Å². The van der Waals surface area contributed by atoms with Gasteiger partial charge in [-0.3, -0.25) is 4.68 Å². The van der Waals surface area contributed by atoms with E-state index in [2.05, 4.69) is 36.6 Å². The molecule has 1 atom stereocenters. The molecule has 1 saturated carbocycles. The summed E-state index contributed by atoms with van der Waals surface area (Å²) in [4.78, 5) is 0. The van der Waals surface area contributed by atoms with Crippen molar-refractivity contribution in [3.63, 3.8) is 0 Å². The number of aryl methyl sites for hydroxylation is 2. The third-order valence-corrected chi connectivity index (χ3v) is 2.73. The second-order valence-electron chi connectivity index (χ2n) is 3.95. The maximum atomic E-state index is 4.49. The summed E-state index contributed by atoms with van der Waals surface area (Å²) in [7, 11) is 0. The smallest absolute Gasteiger partial charge is 0.0596 e. The second-order valence-corrected chi connectivity index (χ2v) is 3.95. The highest BCUT2D eigenvalue weighted by Crippen LogP contribution is 2.39. The maximum absolute atomic E-state index is 4.49. The molecule has 0 aromatic carbocycles. The van der Waals surface area contributed by atoms with Crippen molar-refractivity contribution in [2.24, 2.45) is 5.92 Å². The van der Waals surface area contributed by atoms with E-state index in [-0.39, 0.29) is 0 Å². The van der Waals surface area contributed by atoms with Crippen molar-refractivity contribution in [1.29, 1.82) is 0 Å². The molecule has 0 saturated heterocycles. The monoisotopic (exact) mass is 164 g/mol. The summed E-state index contributed by atoms with van der Waals surface area (Å²) in [6, 6.07) is 2.76. The minimum Gasteiger partial charge on any atom is -0.267 e. The molecule has 12 heavy (non-hydrogen) atoms. The predicted molar refractivity (Wildman–Crippen MR) is 49.1 cm³/mol. The molecule has 0 bridgehead atoms. The molecular weight excluding hydrogens is 148 g/mol. The molecule has 0 spiro atoms. The maximum Gasteiger partial charge on any atom is 0.0596 e. The van der Waals surface area contributed by atoms with E-state index >= 15 is 0 Å². The fourth-order valence-corrected chi connectivity index (χ4v) is 1.84. The van der Waals surface area contributed by atoms with Crippen LogP contribution in [-0.2, 0) is 0 Å². The van der Waals surface area contributed by atoms with Gasteiger partial charge in [0.25, 0.3) is 0 Å². The minimum absolute atomic E-state index is 0.610. The Labute approximate surface area is 73.6 Å². The Hall–Kier alpha value is -0.790. The van der Waals surface area contributed by atoms with Crippen LogP contribution in [0.15, 0.2) is 6.07 Å². The van der Waals surface area contributed by atoms with E-state index in [1.807, 2.05) is 0 Å². The Kier molecular flexibility index (Phi) is 1.71. The van der Waals surface area contributed by atoms with Crippen molar-refractivity contribution in [3.8, 4) is 0 Å². The first-order chi connectivity index (χ1) is 5.68. The summed E-state index contributed by atoms with van der Waals surface area (Å²) < 4.78 is 2.17. The van der Waals surface area contributed by atoms with Crippen molar-refractivity contribution < 1.29 is 0 Å². The number of nitrogens with zero attached hydrogens (tertiary/aromatic N) is 2. The molecule has 2 rings (SSSR count). The van der Waals surface area contributed by atoms with Crippen LogP contribution in [0.1, 0.15) is 37.2 Å². The lowest BCUT2D eigenvalue weighted by Gasteiger charge is -2.12. The molecule has 0 N–H and O–H groups in total. The third kappa shape index (κ3) is 1.26. The Morgan fingerprint density at radius 2 is 2.17 bits per heavy atom. The molecule has 1 aromatic heterocycles. The number of hydrogen-bond donors (Lipinski definition) is 0. The van der Waals surface area contributed by atoms with Crippen LogP contribution in [0.2, 0.25) is 0 Å². The van der Waals surface area contributed by atoms with Gasteiger partial charge in [-0.25, -0.2) is 0 Å². The average molecular weight is 164 g/mol. The van der Waals surface area contributed by atoms with Gasteiger partial charge in [0.15, 0.2) is 0 Å². The molecule has 1 heterocycles. The normalized spacial score (nSPS) is 19.6. The Morgan fingerprint density at radius 3 is 2.58 bits per heavy atom. The van der Waals surface area contributed by atoms with Crippen molar-refractivity contribution in [2.45, 2.75) is 39.7 Å². The summed E-state index contributed by atoms with van der Waals surface area (Å²) in [5, 5.41) is 4.49. The molecule has 66 valence electrons. The van der Waals surface area contributed by atoms with Crippen molar-refractivity contribution in [1.82, 2.24) is 9.78 Å². The Balaban J connectivity index is 2.25. The second kappa shape index (κ2) is 2.61. The van der Waals surface area contributed by atoms with Crippen molar-refractivity contribution in [2.75, 3.05) is 0 Å². The fourth-order valence-electron chi connectivity index (χ4n) is 1.84. The summed E-state index contributed by atoms with van der Waals surface area (Å²) in [6.45, 7) is 6.47. The van der Waals surface area contributed by atoms with E-state index in [1.54, 1.807) is 0 Å². The highest BCUT2D eigenvalue weighted by molar-refractivity contribution is 5.08. The first-order valence-electron chi connectivity index (χ1n) is 4.71. The van der Waals surface area contributed by atoms with Gasteiger partial charge in [0, 0.05) is 5.69 Å². The van der Waals surface area contributed by atoms with Gasteiger partial charge in [-0.05, 0) is 45.6 Å². The quantitative estimate of drug-likeness (QED) is 0.656. The van der Waals surface area contributed by atoms with Gasteiger partial charge < -0.3 is 0 Å². The number of aromatic nitrogens is 2. The van der Waals surface area contributed by atoms with E-state index in [1.165, 1.54) is 18.5 Å². The van der Waals surface area contributed by atoms with E-state index in [0.29, 0.717) is 6.04 Å². The molecule has 0 radical (unpaired) electrons. The lowest BCUT2D eigenvalue weighted by molar-refractivity contribution is 0.429. The van der Waals surface area contributed by atoms with Crippen LogP contribution in [0.4, 0.5) is 0 Å². The lowest BCUT2D eigenvalue weighted by Crippen LogP contribution is -2.10. The van der Waals surface area contributed by atoms with Crippen LogP contribution >= 0.6 is 0 Å². The van der Waals surface area contributed by atoms with Crippen molar-refractivity contribution >= 4 is 0 Å². The Bertz CT molecular complexity index is 284. The summed E-state index contributed by atoms with van der Waals surface area (Å²) in [5.41, 5.74) is 2.44. The van der Waals surface area contributed by atoms with Gasteiger partial charge in [-0.2, -0.15) is 5.10 Å². The standard InChI is InChI=1S/C10H16N2/c1-7-6-8(2)12(11-7)9(3)10-4-5-10/h6,9-10H,4-5H2,1-3H3. The van der Waals surface area contributed by atoms with Gasteiger partial charge >= 0.3 is 0 Å². The van der Waals surface area contributed by atoms with Gasteiger partial charge in [0.2, 0.25) is 0 Å². The zero-order valence-electron chi connectivity index (χ0n) is 8.04. The van der Waals surface area contributed by atoms with Gasteiger partial charge in [-0.15, -0.1) is 0 Å². The van der Waals surface area contributed by atoms with Crippen LogP contribution in [-0.4, -0.2) is 9.78 Å². The predicted octanol–water partition coefficient (Wildman–Crippen LogP) is 2.47. The van der Waals surface area contributed by atoms with Crippen LogP contribution in [0, 0.1) is 19.8 Å². The molecule has 1 fully saturated rings. The summed E-state index contributed by atoms with van der Waals surface area (Å²) in [6.07, 6.45) is 2.78. The summed E-state index contributed by atoms with van der Waals surface area (Å²) >= 11 is 0. The molecule has 0 aliphatic heterocycles. The molecule has 1 unspecified atom stereocenters. The molecule has 2 nitrogen and oxygen atoms in total. The molecule has 2 heteroatoms. The average Bonchev–Trinajstić information content (AvgIpc) is 2.77. The minimum atomic E-state index is 0.610.